The van der Waals surface area contributed by atoms with Crippen LogP contribution < -0.4 is 4.74 Å². The van der Waals surface area contributed by atoms with Gasteiger partial charge >= 0.3 is 0 Å². The van der Waals surface area contributed by atoms with Crippen molar-refractivity contribution < 1.29 is 28.9 Å². The molecule has 0 aliphatic carbocycles. The smallest absolute Gasteiger partial charge is 0.283 e. The van der Waals surface area contributed by atoms with Gasteiger partial charge in [0.1, 0.15) is 24.0 Å². The predicted molar refractivity (Wildman–Crippen MR) is 128 cm³/mol. The first-order chi connectivity index (χ1) is 16.6. The van der Waals surface area contributed by atoms with E-state index in [0.29, 0.717) is 42.0 Å². The monoisotopic (exact) mass is 479 g/mol. The zero-order chi connectivity index (χ0) is 23.1. The van der Waals surface area contributed by atoms with Gasteiger partial charge < -0.3 is 33.8 Å². The number of hydrogen-bond donors (Lipinski definition) is 1. The van der Waals surface area contributed by atoms with E-state index in [4.69, 9.17) is 18.3 Å². The molecule has 35 heavy (non-hydrogen) atoms. The SMILES string of the molecule is Cc1nnc(-c2cc3c(OC[C@@H](O)CN4CCC5(CC4)OCc4ccccc45)cccc3o2)o1.O. The van der Waals surface area contributed by atoms with Crippen LogP contribution in [-0.2, 0) is 16.9 Å². The first-order valence-electron chi connectivity index (χ1n) is 11.7. The summed E-state index contributed by atoms with van der Waals surface area (Å²) in [5.74, 6) is 1.94. The summed E-state index contributed by atoms with van der Waals surface area (Å²) < 4.78 is 23.6. The summed E-state index contributed by atoms with van der Waals surface area (Å²) >= 11 is 0. The van der Waals surface area contributed by atoms with Gasteiger partial charge in [0, 0.05) is 32.6 Å². The second-order valence-electron chi connectivity index (χ2n) is 9.11. The van der Waals surface area contributed by atoms with Gasteiger partial charge in [-0.2, -0.15) is 0 Å². The third kappa shape index (κ3) is 4.43. The summed E-state index contributed by atoms with van der Waals surface area (Å²) in [7, 11) is 0. The number of nitrogens with zero attached hydrogens (tertiary/aromatic N) is 3. The number of aromatic nitrogens is 2. The minimum Gasteiger partial charge on any atom is -0.490 e. The number of hydrogen-bond acceptors (Lipinski definition) is 8. The second kappa shape index (κ2) is 9.43. The quantitative estimate of drug-likeness (QED) is 0.447. The second-order valence-corrected chi connectivity index (χ2v) is 9.11. The van der Waals surface area contributed by atoms with Crippen LogP contribution in [0.2, 0.25) is 0 Å². The molecule has 3 N–H and O–H groups in total. The van der Waals surface area contributed by atoms with E-state index in [1.54, 1.807) is 6.92 Å². The Kier molecular flexibility index (Phi) is 6.33. The lowest BCUT2D eigenvalue weighted by molar-refractivity contribution is -0.0835. The number of piperidine rings is 1. The van der Waals surface area contributed by atoms with Crippen molar-refractivity contribution in [2.24, 2.45) is 0 Å². The molecule has 0 bridgehead atoms. The number of fused-ring (bicyclic) bond motifs is 3. The standard InChI is InChI=1S/C26H27N3O5.H2O/c1-17-27-28-25(33-17)24-13-20-22(7-4-8-23(20)34-24)31-16-19(30)14-29-11-9-26(10-12-29)21-6-3-2-5-18(21)15-32-26;/h2-8,13,19,30H,9-12,14-16H2,1H3;1H2/t19-;/m0./s1. The average Bonchev–Trinajstić information content (AvgIpc) is 3.57. The first-order valence-corrected chi connectivity index (χ1v) is 11.7. The Hall–Kier alpha value is -3.24. The predicted octanol–water partition coefficient (Wildman–Crippen LogP) is 3.23. The maximum atomic E-state index is 10.7. The fraction of sp³-hybridized carbons (Fsp3) is 0.385. The molecule has 1 atom stereocenters. The first kappa shape index (κ1) is 23.5. The molecule has 0 saturated carbocycles. The van der Waals surface area contributed by atoms with E-state index in [9.17, 15) is 5.11 Å². The molecule has 9 heteroatoms. The van der Waals surface area contributed by atoms with E-state index in [1.165, 1.54) is 11.1 Å². The van der Waals surface area contributed by atoms with Gasteiger partial charge in [0.2, 0.25) is 5.89 Å². The molecule has 1 saturated heterocycles. The number of aryl methyl sites for hydroxylation is 1. The van der Waals surface area contributed by atoms with Crippen LogP contribution in [0, 0.1) is 6.92 Å². The van der Waals surface area contributed by atoms with Crippen LogP contribution in [-0.4, -0.2) is 58.0 Å². The highest BCUT2D eigenvalue weighted by molar-refractivity contribution is 5.87. The van der Waals surface area contributed by atoms with Crippen LogP contribution in [0.4, 0.5) is 0 Å². The third-order valence-electron chi connectivity index (χ3n) is 6.83. The van der Waals surface area contributed by atoms with Crippen LogP contribution in [0.3, 0.4) is 0 Å². The number of ether oxygens (including phenoxy) is 2. The summed E-state index contributed by atoms with van der Waals surface area (Å²) in [6.07, 6.45) is 1.26. The lowest BCUT2D eigenvalue weighted by atomic mass is 9.84. The molecule has 2 aliphatic heterocycles. The molecular weight excluding hydrogens is 450 g/mol. The van der Waals surface area contributed by atoms with Gasteiger partial charge in [-0.25, -0.2) is 0 Å². The number of furan rings is 1. The Morgan fingerprint density at radius 1 is 1.09 bits per heavy atom. The largest absolute Gasteiger partial charge is 0.490 e. The number of β-amino-alcohol motifs (C(OH)–C–C–N with tert-alkyl or cyclic N) is 1. The van der Waals surface area contributed by atoms with E-state index < -0.39 is 6.10 Å². The van der Waals surface area contributed by atoms with Crippen LogP contribution in [0.5, 0.6) is 5.75 Å². The summed E-state index contributed by atoms with van der Waals surface area (Å²) in [6, 6.07) is 15.9. The Labute approximate surface area is 202 Å². The summed E-state index contributed by atoms with van der Waals surface area (Å²) in [5.41, 5.74) is 3.13. The van der Waals surface area contributed by atoms with E-state index in [-0.39, 0.29) is 17.7 Å². The normalized spacial score (nSPS) is 17.9. The van der Waals surface area contributed by atoms with E-state index in [1.807, 2.05) is 24.3 Å². The van der Waals surface area contributed by atoms with Crippen molar-refractivity contribution in [3.05, 3.63) is 65.5 Å². The molecular formula is C26H29N3O6. The van der Waals surface area contributed by atoms with Gasteiger partial charge in [0.15, 0.2) is 5.76 Å². The molecule has 6 rings (SSSR count). The Balaban J connectivity index is 0.00000253. The maximum Gasteiger partial charge on any atom is 0.283 e. The maximum absolute atomic E-state index is 10.7. The Morgan fingerprint density at radius 3 is 2.71 bits per heavy atom. The molecule has 184 valence electrons. The fourth-order valence-corrected chi connectivity index (χ4v) is 5.09. The molecule has 2 aliphatic rings. The van der Waals surface area contributed by atoms with Crippen molar-refractivity contribution in [3.63, 3.8) is 0 Å². The third-order valence-corrected chi connectivity index (χ3v) is 6.83. The van der Waals surface area contributed by atoms with Crippen LogP contribution in [0.25, 0.3) is 22.6 Å². The minimum absolute atomic E-state index is 0. The zero-order valence-corrected chi connectivity index (χ0v) is 19.6. The molecule has 0 amide bonds. The van der Waals surface area contributed by atoms with Crippen molar-refractivity contribution >= 4 is 11.0 Å². The molecule has 1 spiro atoms. The van der Waals surface area contributed by atoms with Crippen molar-refractivity contribution in [1.82, 2.24) is 15.1 Å². The Bertz CT molecular complexity index is 1310. The van der Waals surface area contributed by atoms with E-state index >= 15 is 0 Å². The molecule has 2 aromatic carbocycles. The lowest BCUT2D eigenvalue weighted by Crippen LogP contribution is -2.46. The molecule has 2 aromatic heterocycles. The lowest BCUT2D eigenvalue weighted by Gasteiger charge is -2.39. The fourth-order valence-electron chi connectivity index (χ4n) is 5.09. The Morgan fingerprint density at radius 2 is 1.91 bits per heavy atom. The molecule has 9 nitrogen and oxygen atoms in total. The summed E-state index contributed by atoms with van der Waals surface area (Å²) in [4.78, 5) is 2.29. The van der Waals surface area contributed by atoms with Gasteiger partial charge in [0.05, 0.1) is 17.6 Å². The van der Waals surface area contributed by atoms with Crippen molar-refractivity contribution in [1.29, 1.82) is 0 Å². The molecule has 4 heterocycles. The van der Waals surface area contributed by atoms with Crippen LogP contribution in [0.1, 0.15) is 29.9 Å². The van der Waals surface area contributed by atoms with Gasteiger partial charge in [-0.15, -0.1) is 10.2 Å². The number of aliphatic hydroxyl groups excluding tert-OH is 1. The highest BCUT2D eigenvalue weighted by Crippen LogP contribution is 2.44. The number of rotatable bonds is 6. The summed E-state index contributed by atoms with van der Waals surface area (Å²) in [5, 5.41) is 19.3. The summed E-state index contributed by atoms with van der Waals surface area (Å²) in [6.45, 7) is 4.95. The zero-order valence-electron chi connectivity index (χ0n) is 19.6. The minimum atomic E-state index is -0.606. The van der Waals surface area contributed by atoms with E-state index in [0.717, 1.165) is 31.3 Å². The average molecular weight is 480 g/mol. The molecule has 0 radical (unpaired) electrons. The number of aliphatic hydroxyl groups is 1. The van der Waals surface area contributed by atoms with Gasteiger partial charge in [-0.3, -0.25) is 0 Å². The van der Waals surface area contributed by atoms with E-state index in [2.05, 4.69) is 39.4 Å². The molecule has 0 unspecified atom stereocenters. The highest BCUT2D eigenvalue weighted by Gasteiger charge is 2.42. The van der Waals surface area contributed by atoms with Crippen LogP contribution in [0.15, 0.2) is 57.4 Å². The highest BCUT2D eigenvalue weighted by atomic mass is 16.5. The van der Waals surface area contributed by atoms with Gasteiger partial charge in [0.25, 0.3) is 5.89 Å². The van der Waals surface area contributed by atoms with Gasteiger partial charge in [-0.1, -0.05) is 30.3 Å². The number of benzene rings is 2. The topological polar surface area (TPSA) is 125 Å². The van der Waals surface area contributed by atoms with Crippen molar-refractivity contribution in [2.75, 3.05) is 26.2 Å². The van der Waals surface area contributed by atoms with Crippen LogP contribution >= 0.6 is 0 Å². The van der Waals surface area contributed by atoms with Crippen molar-refractivity contribution in [3.8, 4) is 17.4 Å². The van der Waals surface area contributed by atoms with Crippen molar-refractivity contribution in [2.45, 2.75) is 38.1 Å². The number of likely N-dealkylation sites (tertiary alicyclic amines) is 1. The molecule has 1 fully saturated rings. The van der Waals surface area contributed by atoms with Gasteiger partial charge in [-0.05, 0) is 36.1 Å². The molecule has 4 aromatic rings.